The van der Waals surface area contributed by atoms with Crippen LogP contribution in [-0.4, -0.2) is 14.4 Å². The molecular weight excluding hydrogens is 580 g/mol. The zero-order valence-electron chi connectivity index (χ0n) is 25.8. The second kappa shape index (κ2) is 9.44. The molecule has 224 valence electrons. The smallest absolute Gasteiger partial charge is 0.145 e. The van der Waals surface area contributed by atoms with Gasteiger partial charge < -0.3 is 9.15 Å². The molecule has 47 heavy (non-hydrogen) atoms. The summed E-state index contributed by atoms with van der Waals surface area (Å²) in [6, 6.07) is 39.7. The lowest BCUT2D eigenvalue weighted by Gasteiger charge is -2.41. The molecule has 0 unspecified atom stereocenters. The molecular formula is C41H28N4O2. The number of anilines is 3. The lowest BCUT2D eigenvalue weighted by Crippen LogP contribution is -2.31. The molecule has 0 fully saturated rings. The van der Waals surface area contributed by atoms with Crippen molar-refractivity contribution in [2.45, 2.75) is 19.3 Å². The van der Waals surface area contributed by atoms with Crippen molar-refractivity contribution in [3.8, 4) is 11.5 Å². The molecule has 1 aliphatic rings. The van der Waals surface area contributed by atoms with Crippen LogP contribution in [0, 0.1) is 0 Å². The number of para-hydroxylation sites is 3. The second-order valence-electron chi connectivity index (χ2n) is 12.7. The zero-order chi connectivity index (χ0) is 31.3. The average molecular weight is 609 g/mol. The van der Waals surface area contributed by atoms with Crippen LogP contribution in [0.5, 0.6) is 11.5 Å². The number of furan rings is 1. The molecule has 6 heteroatoms. The van der Waals surface area contributed by atoms with Crippen molar-refractivity contribution < 1.29 is 9.15 Å². The highest BCUT2D eigenvalue weighted by molar-refractivity contribution is 6.14. The Labute approximate surface area is 270 Å². The van der Waals surface area contributed by atoms with Crippen molar-refractivity contribution in [1.29, 1.82) is 0 Å². The van der Waals surface area contributed by atoms with Crippen LogP contribution in [0.3, 0.4) is 0 Å². The summed E-state index contributed by atoms with van der Waals surface area (Å²) in [5, 5.41) is 5.31. The normalized spacial score (nSPS) is 13.9. The molecule has 9 aromatic rings. The highest BCUT2D eigenvalue weighted by atomic mass is 16.5. The van der Waals surface area contributed by atoms with Crippen LogP contribution in [0.15, 0.2) is 138 Å². The van der Waals surface area contributed by atoms with E-state index in [1.807, 2.05) is 48.9 Å². The van der Waals surface area contributed by atoms with Gasteiger partial charge in [0.1, 0.15) is 34.1 Å². The molecule has 4 aromatic heterocycles. The Morgan fingerprint density at radius 1 is 0.681 bits per heavy atom. The minimum absolute atomic E-state index is 0.363. The maximum atomic E-state index is 6.97. The minimum atomic E-state index is -0.363. The molecule has 5 aromatic carbocycles. The summed E-state index contributed by atoms with van der Waals surface area (Å²) in [4.78, 5) is 11.8. The molecule has 0 atom stereocenters. The number of hydrogen-bond acceptors (Lipinski definition) is 5. The van der Waals surface area contributed by atoms with Gasteiger partial charge in [0, 0.05) is 51.8 Å². The summed E-state index contributed by atoms with van der Waals surface area (Å²) in [5.74, 6) is 2.28. The number of hydrogen-bond donors (Lipinski definition) is 0. The topological polar surface area (TPSA) is 55.8 Å². The largest absolute Gasteiger partial charge is 0.456 e. The fourth-order valence-electron chi connectivity index (χ4n) is 7.65. The predicted octanol–water partition coefficient (Wildman–Crippen LogP) is 10.8. The SMILES string of the molecule is CC1(C)c2ccccc2N(c2ccccn2)c2cc(Oc3ccc4c5ccccc5n5ccnc5c4c3)c3c(oc4ccccc43)c21. The number of benzene rings is 5. The summed E-state index contributed by atoms with van der Waals surface area (Å²) < 4.78 is 15.9. The molecule has 1 aliphatic heterocycles. The van der Waals surface area contributed by atoms with E-state index < -0.39 is 0 Å². The fraction of sp³-hybridized carbons (Fsp3) is 0.0732. The van der Waals surface area contributed by atoms with Crippen LogP contribution in [0.4, 0.5) is 17.2 Å². The predicted molar refractivity (Wildman–Crippen MR) is 189 cm³/mol. The first-order valence-corrected chi connectivity index (χ1v) is 15.8. The highest BCUT2D eigenvalue weighted by Gasteiger charge is 2.41. The molecule has 0 saturated heterocycles. The average Bonchev–Trinajstić information content (AvgIpc) is 3.75. The number of pyridine rings is 2. The fourth-order valence-corrected chi connectivity index (χ4v) is 7.65. The summed E-state index contributed by atoms with van der Waals surface area (Å²) in [7, 11) is 0. The molecule has 0 amide bonds. The van der Waals surface area contributed by atoms with Crippen LogP contribution in [-0.2, 0) is 5.41 Å². The maximum absolute atomic E-state index is 6.97. The Balaban J connectivity index is 1.26. The van der Waals surface area contributed by atoms with Gasteiger partial charge in [0.25, 0.3) is 0 Å². The molecule has 0 spiro atoms. The molecule has 6 nitrogen and oxygen atoms in total. The minimum Gasteiger partial charge on any atom is -0.456 e. The Bertz CT molecular complexity index is 2710. The van der Waals surface area contributed by atoms with Crippen LogP contribution < -0.4 is 9.64 Å². The number of fused-ring (bicyclic) bond motifs is 12. The van der Waals surface area contributed by atoms with E-state index in [-0.39, 0.29) is 5.41 Å². The number of nitrogens with zero attached hydrogens (tertiary/aromatic N) is 4. The molecule has 10 rings (SSSR count). The van der Waals surface area contributed by atoms with Gasteiger partial charge in [-0.1, -0.05) is 74.5 Å². The number of imidazole rings is 1. The molecule has 0 saturated carbocycles. The third-order valence-electron chi connectivity index (χ3n) is 9.71. The second-order valence-corrected chi connectivity index (χ2v) is 12.7. The van der Waals surface area contributed by atoms with Gasteiger partial charge in [-0.2, -0.15) is 0 Å². The Morgan fingerprint density at radius 3 is 2.38 bits per heavy atom. The van der Waals surface area contributed by atoms with Crippen molar-refractivity contribution >= 4 is 66.5 Å². The lowest BCUT2D eigenvalue weighted by atomic mass is 9.73. The standard InChI is InChI=1S/C41H28N4O2/c1-41(2)30-13-5-7-15-32(30)45(36-17-9-10-20-42-36)33-24-35(37-28-12-4-8-16-34(28)47-39(37)38(33)41)46-25-18-19-26-27-11-3-6-14-31(27)44-22-21-43-40(44)29(26)23-25/h3-24H,1-2H3. The zero-order valence-corrected chi connectivity index (χ0v) is 25.8. The van der Waals surface area contributed by atoms with Gasteiger partial charge in [-0.05, 0) is 59.5 Å². The quantitative estimate of drug-likeness (QED) is 0.187. The van der Waals surface area contributed by atoms with Crippen molar-refractivity contribution in [2.24, 2.45) is 0 Å². The van der Waals surface area contributed by atoms with E-state index >= 15 is 0 Å². The van der Waals surface area contributed by atoms with Gasteiger partial charge in [-0.3, -0.25) is 9.30 Å². The Hall–Kier alpha value is -6.14. The third-order valence-corrected chi connectivity index (χ3v) is 9.71. The first-order chi connectivity index (χ1) is 23.1. The first kappa shape index (κ1) is 26.1. The maximum Gasteiger partial charge on any atom is 0.145 e. The van der Waals surface area contributed by atoms with Crippen LogP contribution in [0.1, 0.15) is 25.0 Å². The number of rotatable bonds is 3. The monoisotopic (exact) mass is 608 g/mol. The Morgan fingerprint density at radius 2 is 1.49 bits per heavy atom. The molecule has 0 N–H and O–H groups in total. The Kier molecular flexibility index (Phi) is 5.24. The van der Waals surface area contributed by atoms with E-state index in [9.17, 15) is 0 Å². The van der Waals surface area contributed by atoms with Crippen molar-refractivity contribution in [1.82, 2.24) is 14.4 Å². The van der Waals surface area contributed by atoms with Crippen LogP contribution >= 0.6 is 0 Å². The van der Waals surface area contributed by atoms with Gasteiger partial charge in [-0.25, -0.2) is 9.97 Å². The lowest BCUT2D eigenvalue weighted by molar-refractivity contribution is 0.488. The summed E-state index contributed by atoms with van der Waals surface area (Å²) in [5.41, 5.74) is 7.68. The summed E-state index contributed by atoms with van der Waals surface area (Å²) in [6.07, 6.45) is 5.70. The van der Waals surface area contributed by atoms with Crippen molar-refractivity contribution in [3.05, 3.63) is 145 Å². The van der Waals surface area contributed by atoms with E-state index in [0.717, 1.165) is 78.1 Å². The van der Waals surface area contributed by atoms with Gasteiger partial charge in [0.2, 0.25) is 0 Å². The number of aromatic nitrogens is 3. The van der Waals surface area contributed by atoms with Gasteiger partial charge >= 0.3 is 0 Å². The van der Waals surface area contributed by atoms with Gasteiger partial charge in [0.15, 0.2) is 0 Å². The third kappa shape index (κ3) is 3.61. The van der Waals surface area contributed by atoms with E-state index in [0.29, 0.717) is 0 Å². The van der Waals surface area contributed by atoms with Crippen LogP contribution in [0.25, 0.3) is 49.3 Å². The van der Waals surface area contributed by atoms with Gasteiger partial charge in [-0.15, -0.1) is 0 Å². The van der Waals surface area contributed by atoms with Crippen molar-refractivity contribution in [2.75, 3.05) is 4.90 Å². The highest BCUT2D eigenvalue weighted by Crippen LogP contribution is 2.56. The molecule has 5 heterocycles. The molecule has 0 bridgehead atoms. The van der Waals surface area contributed by atoms with E-state index in [2.05, 4.69) is 108 Å². The van der Waals surface area contributed by atoms with Crippen LogP contribution in [0.2, 0.25) is 0 Å². The van der Waals surface area contributed by atoms with E-state index in [1.165, 1.54) is 10.9 Å². The molecule has 0 aliphatic carbocycles. The first-order valence-electron chi connectivity index (χ1n) is 15.8. The summed E-state index contributed by atoms with van der Waals surface area (Å²) in [6.45, 7) is 4.55. The number of ether oxygens (including phenoxy) is 1. The van der Waals surface area contributed by atoms with Gasteiger partial charge in [0.05, 0.1) is 22.3 Å². The molecule has 0 radical (unpaired) electrons. The van der Waals surface area contributed by atoms with Crippen molar-refractivity contribution in [3.63, 3.8) is 0 Å². The van der Waals surface area contributed by atoms with E-state index in [4.69, 9.17) is 19.1 Å². The summed E-state index contributed by atoms with van der Waals surface area (Å²) >= 11 is 0. The van der Waals surface area contributed by atoms with E-state index in [1.54, 1.807) is 0 Å².